The molecule has 0 heterocycles. The van der Waals surface area contributed by atoms with Crippen LogP contribution >= 0.6 is 0 Å². The molecule has 0 saturated heterocycles. The molecule has 0 aromatic rings. The van der Waals surface area contributed by atoms with Gasteiger partial charge in [0.25, 0.3) is 0 Å². The Labute approximate surface area is 75.4 Å². The molecule has 0 bridgehead atoms. The van der Waals surface area contributed by atoms with Gasteiger partial charge in [0.15, 0.2) is 0 Å². The summed E-state index contributed by atoms with van der Waals surface area (Å²) in [5.41, 5.74) is 0. The molecule has 0 amide bonds. The highest BCUT2D eigenvalue weighted by Gasteiger charge is 1.88. The van der Waals surface area contributed by atoms with Crippen LogP contribution in [-0.2, 0) is 4.74 Å². The fourth-order valence-corrected chi connectivity index (χ4v) is 0.701. The largest absolute Gasteiger partial charge is 0.494 e. The highest BCUT2D eigenvalue weighted by atomic mass is 16.5. The van der Waals surface area contributed by atoms with Gasteiger partial charge >= 0.3 is 0 Å². The summed E-state index contributed by atoms with van der Waals surface area (Å²) in [5.74, 6) is 0.849. The molecule has 0 rings (SSSR count). The Kier molecular flexibility index (Phi) is 7.46. The molecule has 0 aromatic carbocycles. The van der Waals surface area contributed by atoms with Gasteiger partial charge in [0.2, 0.25) is 0 Å². The van der Waals surface area contributed by atoms with Gasteiger partial charge in [0.05, 0.1) is 6.61 Å². The molecule has 1 heteroatoms. The molecule has 0 saturated carbocycles. The maximum atomic E-state index is 5.43. The molecule has 0 N–H and O–H groups in total. The molecule has 0 fully saturated rings. The molecule has 0 aliphatic rings. The van der Waals surface area contributed by atoms with Crippen LogP contribution in [0.15, 0.2) is 36.6 Å². The lowest BCUT2D eigenvalue weighted by atomic mass is 10.3. The minimum atomic E-state index is 0.784. The molecule has 0 aliphatic carbocycles. The molecule has 0 spiro atoms. The third-order valence-corrected chi connectivity index (χ3v) is 1.42. The monoisotopic (exact) mass is 166 g/mol. The van der Waals surface area contributed by atoms with Crippen molar-refractivity contribution in [1.82, 2.24) is 0 Å². The first-order valence-corrected chi connectivity index (χ1v) is 4.43. The average molecular weight is 166 g/mol. The van der Waals surface area contributed by atoms with E-state index in [0.29, 0.717) is 0 Å². The molecule has 1 nitrogen and oxygen atoms in total. The van der Waals surface area contributed by atoms with Crippen molar-refractivity contribution in [2.45, 2.75) is 26.7 Å². The highest BCUT2D eigenvalue weighted by molar-refractivity contribution is 5.15. The maximum Gasteiger partial charge on any atom is 0.118 e. The zero-order chi connectivity index (χ0) is 9.23. The van der Waals surface area contributed by atoms with Crippen molar-refractivity contribution in [2.24, 2.45) is 0 Å². The predicted molar refractivity (Wildman–Crippen MR) is 54.0 cm³/mol. The molecular formula is C11H18O. The standard InChI is InChI=1S/C11H18O/c1-4-7-9-11(6-3)12-10-8-5-2/h4,6-7,9H,3,5,8,10H2,1-2H3/b7-4-,11-9+. The van der Waals surface area contributed by atoms with Crippen molar-refractivity contribution in [3.8, 4) is 0 Å². The summed E-state index contributed by atoms with van der Waals surface area (Å²) in [6.07, 6.45) is 9.82. The van der Waals surface area contributed by atoms with Crippen molar-refractivity contribution in [1.29, 1.82) is 0 Å². The fourth-order valence-electron chi connectivity index (χ4n) is 0.701. The van der Waals surface area contributed by atoms with Crippen LogP contribution in [0.5, 0.6) is 0 Å². The van der Waals surface area contributed by atoms with Crippen LogP contribution in [0, 0.1) is 0 Å². The van der Waals surface area contributed by atoms with Crippen LogP contribution in [0.3, 0.4) is 0 Å². The Bertz CT molecular complexity index is 166. The quantitative estimate of drug-likeness (QED) is 0.333. The van der Waals surface area contributed by atoms with Gasteiger partial charge in [-0.15, -0.1) is 0 Å². The number of unbranched alkanes of at least 4 members (excludes halogenated alkanes) is 1. The maximum absolute atomic E-state index is 5.43. The lowest BCUT2D eigenvalue weighted by Gasteiger charge is -2.03. The molecule has 12 heavy (non-hydrogen) atoms. The number of hydrogen-bond acceptors (Lipinski definition) is 1. The molecule has 0 aliphatic heterocycles. The molecule has 0 atom stereocenters. The minimum Gasteiger partial charge on any atom is -0.494 e. The van der Waals surface area contributed by atoms with Crippen LogP contribution < -0.4 is 0 Å². The second kappa shape index (κ2) is 8.12. The number of hydrogen-bond donors (Lipinski definition) is 0. The van der Waals surface area contributed by atoms with Gasteiger partial charge in [0.1, 0.15) is 5.76 Å². The SMILES string of the molecule is C=C/C(=C\C=C/C)OCCCC. The summed E-state index contributed by atoms with van der Waals surface area (Å²) < 4.78 is 5.43. The second-order valence-electron chi connectivity index (χ2n) is 2.50. The van der Waals surface area contributed by atoms with Gasteiger partial charge < -0.3 is 4.74 Å². The van der Waals surface area contributed by atoms with E-state index in [-0.39, 0.29) is 0 Å². The summed E-state index contributed by atoms with van der Waals surface area (Å²) >= 11 is 0. The predicted octanol–water partition coefficient (Wildman–Crippen LogP) is 3.45. The van der Waals surface area contributed by atoms with Gasteiger partial charge in [-0.05, 0) is 25.5 Å². The number of ether oxygens (including phenoxy) is 1. The van der Waals surface area contributed by atoms with E-state index < -0.39 is 0 Å². The highest BCUT2D eigenvalue weighted by Crippen LogP contribution is 2.00. The Morgan fingerprint density at radius 3 is 2.75 bits per heavy atom. The van der Waals surface area contributed by atoms with E-state index in [4.69, 9.17) is 4.74 Å². The van der Waals surface area contributed by atoms with E-state index in [9.17, 15) is 0 Å². The van der Waals surface area contributed by atoms with E-state index in [0.717, 1.165) is 25.2 Å². The fraction of sp³-hybridized carbons (Fsp3) is 0.455. The van der Waals surface area contributed by atoms with Crippen LogP contribution in [-0.4, -0.2) is 6.61 Å². The molecule has 0 unspecified atom stereocenters. The van der Waals surface area contributed by atoms with Gasteiger partial charge in [0, 0.05) is 0 Å². The summed E-state index contributed by atoms with van der Waals surface area (Å²) in [6.45, 7) is 8.57. The summed E-state index contributed by atoms with van der Waals surface area (Å²) in [5, 5.41) is 0. The Morgan fingerprint density at radius 1 is 1.50 bits per heavy atom. The average Bonchev–Trinajstić information content (AvgIpc) is 2.11. The van der Waals surface area contributed by atoms with E-state index in [2.05, 4.69) is 13.5 Å². The molecule has 0 aromatic heterocycles. The zero-order valence-electron chi connectivity index (χ0n) is 8.05. The second-order valence-corrected chi connectivity index (χ2v) is 2.50. The summed E-state index contributed by atoms with van der Waals surface area (Å²) in [7, 11) is 0. The van der Waals surface area contributed by atoms with Crippen LogP contribution in [0.25, 0.3) is 0 Å². The number of rotatable bonds is 6. The summed E-state index contributed by atoms with van der Waals surface area (Å²) in [4.78, 5) is 0. The van der Waals surface area contributed by atoms with Crippen LogP contribution in [0.2, 0.25) is 0 Å². The van der Waals surface area contributed by atoms with E-state index in [1.165, 1.54) is 0 Å². The normalized spacial score (nSPS) is 12.0. The van der Waals surface area contributed by atoms with Crippen molar-refractivity contribution in [3.05, 3.63) is 36.6 Å². The lowest BCUT2D eigenvalue weighted by molar-refractivity contribution is 0.219. The Hall–Kier alpha value is -0.980. The smallest absolute Gasteiger partial charge is 0.118 e. The van der Waals surface area contributed by atoms with Crippen LogP contribution in [0.1, 0.15) is 26.7 Å². The van der Waals surface area contributed by atoms with Crippen LogP contribution in [0.4, 0.5) is 0 Å². The first kappa shape index (κ1) is 11.0. The van der Waals surface area contributed by atoms with E-state index in [1.54, 1.807) is 6.08 Å². The number of allylic oxidation sites excluding steroid dienone is 4. The summed E-state index contributed by atoms with van der Waals surface area (Å²) in [6, 6.07) is 0. The van der Waals surface area contributed by atoms with E-state index >= 15 is 0 Å². The molecular weight excluding hydrogens is 148 g/mol. The van der Waals surface area contributed by atoms with Crippen molar-refractivity contribution >= 4 is 0 Å². The minimum absolute atomic E-state index is 0.784. The lowest BCUT2D eigenvalue weighted by Crippen LogP contribution is -1.91. The van der Waals surface area contributed by atoms with Gasteiger partial charge in [-0.2, -0.15) is 0 Å². The molecule has 68 valence electrons. The third-order valence-electron chi connectivity index (χ3n) is 1.42. The first-order chi connectivity index (χ1) is 5.85. The Balaban J connectivity index is 3.74. The molecule has 0 radical (unpaired) electrons. The van der Waals surface area contributed by atoms with Crippen molar-refractivity contribution in [3.63, 3.8) is 0 Å². The van der Waals surface area contributed by atoms with Gasteiger partial charge in [-0.3, -0.25) is 0 Å². The Morgan fingerprint density at radius 2 is 2.25 bits per heavy atom. The first-order valence-electron chi connectivity index (χ1n) is 4.43. The third kappa shape index (κ3) is 5.78. The zero-order valence-corrected chi connectivity index (χ0v) is 8.05. The van der Waals surface area contributed by atoms with Gasteiger partial charge in [-0.1, -0.05) is 32.1 Å². The van der Waals surface area contributed by atoms with E-state index in [1.807, 2.05) is 25.2 Å². The van der Waals surface area contributed by atoms with Crippen molar-refractivity contribution in [2.75, 3.05) is 6.61 Å². The van der Waals surface area contributed by atoms with Gasteiger partial charge in [-0.25, -0.2) is 0 Å². The topological polar surface area (TPSA) is 9.23 Å². The van der Waals surface area contributed by atoms with Crippen molar-refractivity contribution < 1.29 is 4.74 Å².